The van der Waals surface area contributed by atoms with Gasteiger partial charge in [-0.25, -0.2) is 0 Å². The number of anilines is 12. The van der Waals surface area contributed by atoms with Gasteiger partial charge in [-0.2, -0.15) is 0 Å². The SMILES string of the molecule is C/C=C\C=C(\c1cccc(C2=C3Sc4ccccc4C3CC=C2)c1N1c2cc(N(c3ccccc3)c3ccccc3)ccc2B2c3ccc(N(c4ccccc4)c4ccccc4)cc3N(c3c(-c4cccc5c4sc4ccccc45)cccc3-c3cccc4c3sc3ccccc34)c3cc(-c4ccccc4)cc1c32)C(C)/C=C\C=C(/C)S. The van der Waals surface area contributed by atoms with Gasteiger partial charge in [-0.15, -0.1) is 35.3 Å². The monoisotopic (exact) mass is 1570 g/mol. The molecular weight excluding hydrogens is 1490 g/mol. The van der Waals surface area contributed by atoms with Gasteiger partial charge in [-0.05, 0) is 178 Å². The second-order valence-electron chi connectivity index (χ2n) is 30.6. The first-order valence-electron chi connectivity index (χ1n) is 40.3. The number of allylic oxidation sites excluding steroid dienone is 12. The zero-order valence-electron chi connectivity index (χ0n) is 64.9. The molecule has 0 amide bonds. The van der Waals surface area contributed by atoms with Crippen molar-refractivity contribution in [3.8, 4) is 33.4 Å². The Morgan fingerprint density at radius 1 is 0.436 bits per heavy atom. The van der Waals surface area contributed by atoms with Crippen LogP contribution in [0.2, 0.25) is 0 Å². The van der Waals surface area contributed by atoms with E-state index >= 15 is 0 Å². The number of nitrogens with zero attached hydrogens (tertiary/aromatic N) is 4. The Labute approximate surface area is 702 Å². The topological polar surface area (TPSA) is 13.0 Å². The molecule has 4 nitrogen and oxygen atoms in total. The molecule has 3 aliphatic heterocycles. The molecule has 21 rings (SSSR count). The molecule has 558 valence electrons. The van der Waals surface area contributed by atoms with Crippen LogP contribution >= 0.6 is 47.1 Å². The number of thioether (sulfide) groups is 1. The van der Waals surface area contributed by atoms with Crippen molar-refractivity contribution in [2.24, 2.45) is 5.92 Å². The molecule has 0 saturated carbocycles. The van der Waals surface area contributed by atoms with E-state index in [-0.39, 0.29) is 18.5 Å². The van der Waals surface area contributed by atoms with Gasteiger partial charge in [0.15, 0.2) is 0 Å². The minimum Gasteiger partial charge on any atom is -0.310 e. The maximum absolute atomic E-state index is 4.81. The molecule has 0 radical (unpaired) electrons. The molecule has 0 saturated heterocycles. The lowest BCUT2D eigenvalue weighted by atomic mass is 9.33. The second-order valence-corrected chi connectivity index (χ2v) is 34.5. The van der Waals surface area contributed by atoms with Gasteiger partial charge in [0.1, 0.15) is 0 Å². The van der Waals surface area contributed by atoms with Crippen molar-refractivity contribution in [3.63, 3.8) is 0 Å². The summed E-state index contributed by atoms with van der Waals surface area (Å²) in [5.41, 5.74) is 29.4. The highest BCUT2D eigenvalue weighted by molar-refractivity contribution is 8.03. The summed E-state index contributed by atoms with van der Waals surface area (Å²) < 4.78 is 5.03. The first kappa shape index (κ1) is 71.9. The normalized spacial score (nSPS) is 14.6. The molecule has 5 heterocycles. The lowest BCUT2D eigenvalue weighted by Crippen LogP contribution is -2.61. The number of benzene rings is 15. The Morgan fingerprint density at radius 3 is 1.45 bits per heavy atom. The third-order valence-electron chi connectivity index (χ3n) is 23.7. The lowest BCUT2D eigenvalue weighted by molar-refractivity contribution is 0.841. The van der Waals surface area contributed by atoms with E-state index < -0.39 is 0 Å². The van der Waals surface area contributed by atoms with E-state index in [2.05, 4.69) is 428 Å². The van der Waals surface area contributed by atoms with E-state index in [0.29, 0.717) is 0 Å². The smallest absolute Gasteiger partial charge is 0.252 e. The molecule has 1 aliphatic carbocycles. The van der Waals surface area contributed by atoms with Gasteiger partial charge < -0.3 is 19.6 Å². The fourth-order valence-corrected chi connectivity index (χ4v) is 22.5. The van der Waals surface area contributed by atoms with Crippen molar-refractivity contribution < 1.29 is 0 Å². The molecule has 15 aromatic carbocycles. The van der Waals surface area contributed by atoms with Crippen molar-refractivity contribution in [2.45, 2.75) is 38.0 Å². The molecule has 4 aliphatic rings. The van der Waals surface area contributed by atoms with Crippen LogP contribution in [0.1, 0.15) is 49.8 Å². The third-order valence-corrected chi connectivity index (χ3v) is 27.6. The highest BCUT2D eigenvalue weighted by atomic mass is 32.2. The quantitative estimate of drug-likeness (QED) is 0.0553. The van der Waals surface area contributed by atoms with Gasteiger partial charge in [0.2, 0.25) is 0 Å². The molecule has 0 N–H and O–H groups in total. The zero-order valence-corrected chi connectivity index (χ0v) is 68.3. The van der Waals surface area contributed by atoms with Crippen LogP contribution in [-0.4, -0.2) is 6.71 Å². The lowest BCUT2D eigenvalue weighted by Gasteiger charge is -2.46. The number of fused-ring (bicyclic) bond motifs is 13. The van der Waals surface area contributed by atoms with Crippen LogP contribution in [0.3, 0.4) is 0 Å². The van der Waals surface area contributed by atoms with E-state index in [1.165, 1.54) is 94.4 Å². The fraction of sp³-hybridized carbons (Fsp3) is 0.0556. The van der Waals surface area contributed by atoms with Crippen molar-refractivity contribution >= 4 is 190 Å². The summed E-state index contributed by atoms with van der Waals surface area (Å²) in [5.74, 6) is 0.133. The fourth-order valence-electron chi connectivity index (χ4n) is 18.5. The van der Waals surface area contributed by atoms with Gasteiger partial charge in [-0.1, -0.05) is 310 Å². The minimum atomic E-state index is -0.329. The van der Waals surface area contributed by atoms with E-state index in [9.17, 15) is 0 Å². The molecule has 9 heteroatoms. The van der Waals surface area contributed by atoms with E-state index in [1.54, 1.807) is 0 Å². The summed E-state index contributed by atoms with van der Waals surface area (Å²) in [7, 11) is 0. The van der Waals surface area contributed by atoms with E-state index in [4.69, 9.17) is 12.6 Å². The van der Waals surface area contributed by atoms with Gasteiger partial charge in [0.05, 0.1) is 11.4 Å². The average Bonchev–Trinajstić information content (AvgIpc) is 1.18. The molecule has 17 aromatic rings. The van der Waals surface area contributed by atoms with Crippen molar-refractivity contribution in [1.82, 2.24) is 0 Å². The first-order valence-corrected chi connectivity index (χ1v) is 43.2. The largest absolute Gasteiger partial charge is 0.310 e. The summed E-state index contributed by atoms with van der Waals surface area (Å²) >= 11 is 10.5. The van der Waals surface area contributed by atoms with Crippen LogP contribution in [-0.2, 0) is 0 Å². The summed E-state index contributed by atoms with van der Waals surface area (Å²) in [6, 6.07) is 130. The van der Waals surface area contributed by atoms with E-state index in [0.717, 1.165) is 113 Å². The van der Waals surface area contributed by atoms with Gasteiger partial charge >= 0.3 is 0 Å². The average molecular weight is 1570 g/mol. The van der Waals surface area contributed by atoms with Crippen LogP contribution in [0.15, 0.2) is 409 Å². The van der Waals surface area contributed by atoms with Crippen LogP contribution in [0.25, 0.3) is 84.9 Å². The number of rotatable bonds is 17. The Balaban J connectivity index is 0.946. The highest BCUT2D eigenvalue weighted by Crippen LogP contribution is 2.60. The number of thiol groups is 1. The Hall–Kier alpha value is -12.9. The maximum atomic E-state index is 4.81. The van der Waals surface area contributed by atoms with Crippen LogP contribution in [0, 0.1) is 5.92 Å². The third kappa shape index (κ3) is 12.5. The molecular formula is C108H79BN4S4. The molecule has 0 fully saturated rings. The number of para-hydroxylation sites is 6. The van der Waals surface area contributed by atoms with Gasteiger partial charge in [-0.3, -0.25) is 0 Å². The maximum Gasteiger partial charge on any atom is 0.252 e. The minimum absolute atomic E-state index is 0.0651. The highest BCUT2D eigenvalue weighted by Gasteiger charge is 2.47. The molecule has 0 spiro atoms. The first-order chi connectivity index (χ1) is 57.8. The van der Waals surface area contributed by atoms with Crippen LogP contribution in [0.4, 0.5) is 68.2 Å². The molecule has 2 aromatic heterocycles. The molecule has 2 atom stereocenters. The molecule has 0 bridgehead atoms. The Morgan fingerprint density at radius 2 is 0.906 bits per heavy atom. The number of hydrogen-bond donors (Lipinski definition) is 1. The van der Waals surface area contributed by atoms with Crippen LogP contribution in [0.5, 0.6) is 0 Å². The Bertz CT molecular complexity index is 6760. The van der Waals surface area contributed by atoms with Crippen LogP contribution < -0.4 is 36.0 Å². The van der Waals surface area contributed by atoms with Gasteiger partial charge in [0, 0.05) is 146 Å². The predicted molar refractivity (Wildman–Crippen MR) is 511 cm³/mol. The summed E-state index contributed by atoms with van der Waals surface area (Å²) in [5, 5.41) is 5.02. The summed E-state index contributed by atoms with van der Waals surface area (Å²) in [4.78, 5) is 14.0. The summed E-state index contributed by atoms with van der Waals surface area (Å²) in [6.45, 7) is 6.20. The van der Waals surface area contributed by atoms with E-state index in [1.807, 2.05) is 41.4 Å². The van der Waals surface area contributed by atoms with Crippen molar-refractivity contribution in [1.29, 1.82) is 0 Å². The zero-order chi connectivity index (χ0) is 78.2. The molecule has 2 unspecified atom stereocenters. The number of thiophene rings is 2. The molecule has 117 heavy (non-hydrogen) atoms. The van der Waals surface area contributed by atoms with Gasteiger partial charge in [0.25, 0.3) is 6.71 Å². The standard InChI is InChI=1S/C108H79BN4S4/c1-4-5-45-80(70(2)33-27-34-71(3)114)84-49-28-50-85(91-56-30-53-88-81-46-21-24-59-100(81)115-106(88)91)104(84)112-96-68-78(110(74-37-13-7-14-38-74)75-39-15-8-16-40-75)62-64-94(96)109-95-65-63-79(111(76-41-17-9-18-42-76)77-43-19-10-20-44-77)69-97(95)113(99-67-73(66-98(112)103(99)109)72-35-11-6-12-36-72)105-86(92-57-31-54-89-82-47-22-25-60-101(82)116-107(89)92)51-29-52-87(105)93-58-32-55-90-83-48-23-26-61-102(83)117-108(90)93/h4-52,54-70,88,114H,53H2,1-3H3/b5-4-,33-27-,71-34+,80-45+. The summed E-state index contributed by atoms with van der Waals surface area (Å²) in [6.07, 6.45) is 19.2. The Kier molecular flexibility index (Phi) is 18.7. The number of hydrogen-bond acceptors (Lipinski definition) is 8. The predicted octanol–water partition coefficient (Wildman–Crippen LogP) is 30.0. The van der Waals surface area contributed by atoms with Crippen molar-refractivity contribution in [3.05, 3.63) is 421 Å². The second kappa shape index (κ2) is 30.4. The van der Waals surface area contributed by atoms with Crippen molar-refractivity contribution in [2.75, 3.05) is 19.6 Å².